The number of unbranched alkanes of at least 4 members (excludes halogenated alkanes) is 20. The van der Waals surface area contributed by atoms with E-state index in [0.29, 0.717) is 19.0 Å². The first-order valence-corrected chi connectivity index (χ1v) is 19.4. The number of aryl methyl sites for hydroxylation is 1. The molecule has 4 nitrogen and oxygen atoms in total. The van der Waals surface area contributed by atoms with Crippen LogP contribution in [0.2, 0.25) is 0 Å². The van der Waals surface area contributed by atoms with Crippen LogP contribution in [-0.4, -0.2) is 13.2 Å². The van der Waals surface area contributed by atoms with E-state index in [2.05, 4.69) is 46.8 Å². The van der Waals surface area contributed by atoms with Crippen LogP contribution >= 0.6 is 7.82 Å². The maximum Gasteiger partial charge on any atom is 0.530 e. The highest BCUT2D eigenvalue weighted by Crippen LogP contribution is 2.51. The fourth-order valence-electron chi connectivity index (χ4n) is 5.42. The van der Waals surface area contributed by atoms with Gasteiger partial charge in [-0.1, -0.05) is 175 Å². The van der Waals surface area contributed by atoms with Crippen LogP contribution in [0, 0.1) is 6.92 Å². The molecule has 5 heteroatoms. The Morgan fingerprint density at radius 1 is 0.571 bits per heavy atom. The van der Waals surface area contributed by atoms with Crippen molar-refractivity contribution in [1.82, 2.24) is 0 Å². The second-order valence-electron chi connectivity index (χ2n) is 13.5. The van der Waals surface area contributed by atoms with Gasteiger partial charge in [-0.05, 0) is 36.8 Å². The molecular weight excluding hydrogens is 539 g/mol. The Hall–Kier alpha value is -0.830. The summed E-state index contributed by atoms with van der Waals surface area (Å²) in [6.07, 6.45) is 27.9. The molecule has 0 amide bonds. The summed E-state index contributed by atoms with van der Waals surface area (Å²) in [5.74, 6) is 0.615. The van der Waals surface area contributed by atoms with Crippen molar-refractivity contribution in [1.29, 1.82) is 0 Å². The molecule has 0 aromatic heterocycles. The minimum atomic E-state index is -3.72. The highest BCUT2D eigenvalue weighted by molar-refractivity contribution is 7.48. The Kier molecular flexibility index (Phi) is 22.9. The van der Waals surface area contributed by atoms with E-state index in [-0.39, 0.29) is 5.41 Å². The van der Waals surface area contributed by atoms with Crippen molar-refractivity contribution in [3.05, 3.63) is 29.3 Å². The molecule has 0 aliphatic rings. The molecular formula is C37H69O4P. The molecule has 0 unspecified atom stereocenters. The van der Waals surface area contributed by atoms with Gasteiger partial charge < -0.3 is 4.52 Å². The molecule has 0 heterocycles. The summed E-state index contributed by atoms with van der Waals surface area (Å²) >= 11 is 0. The third-order valence-corrected chi connectivity index (χ3v) is 9.57. The molecule has 0 saturated carbocycles. The average Bonchev–Trinajstić information content (AvgIpc) is 2.93. The second-order valence-corrected chi connectivity index (χ2v) is 15.1. The molecule has 42 heavy (non-hydrogen) atoms. The zero-order valence-corrected chi connectivity index (χ0v) is 29.7. The van der Waals surface area contributed by atoms with E-state index in [9.17, 15) is 4.57 Å². The van der Waals surface area contributed by atoms with Crippen molar-refractivity contribution in [3.63, 3.8) is 0 Å². The Morgan fingerprint density at radius 3 is 1.29 bits per heavy atom. The summed E-state index contributed by atoms with van der Waals surface area (Å²) in [6, 6.07) is 6.11. The van der Waals surface area contributed by atoms with Crippen LogP contribution in [0.5, 0.6) is 5.75 Å². The topological polar surface area (TPSA) is 44.8 Å². The number of phosphoric acid groups is 1. The number of rotatable bonds is 28. The van der Waals surface area contributed by atoms with Gasteiger partial charge in [0.1, 0.15) is 5.75 Å². The number of hydrogen-bond acceptors (Lipinski definition) is 4. The smallest absolute Gasteiger partial charge is 0.404 e. The molecule has 246 valence electrons. The maximum atomic E-state index is 13.9. The van der Waals surface area contributed by atoms with E-state index in [0.717, 1.165) is 36.8 Å². The average molecular weight is 609 g/mol. The van der Waals surface area contributed by atoms with Crippen LogP contribution in [0.15, 0.2) is 18.2 Å². The number of benzene rings is 1. The quantitative estimate of drug-likeness (QED) is 0.0701. The molecule has 0 spiro atoms. The lowest BCUT2D eigenvalue weighted by Crippen LogP contribution is -2.14. The van der Waals surface area contributed by atoms with Crippen molar-refractivity contribution in [2.75, 3.05) is 13.2 Å². The van der Waals surface area contributed by atoms with E-state index in [4.69, 9.17) is 13.6 Å². The molecule has 0 aliphatic carbocycles. The van der Waals surface area contributed by atoms with Gasteiger partial charge >= 0.3 is 7.82 Å². The van der Waals surface area contributed by atoms with E-state index >= 15 is 0 Å². The van der Waals surface area contributed by atoms with E-state index in [1.54, 1.807) is 0 Å². The Labute approximate surface area is 262 Å². The number of hydrogen-bond donors (Lipinski definition) is 0. The van der Waals surface area contributed by atoms with Crippen LogP contribution in [0.1, 0.15) is 187 Å². The van der Waals surface area contributed by atoms with Crippen LogP contribution in [0.4, 0.5) is 0 Å². The Balaban J connectivity index is 2.48. The predicted octanol–water partition coefficient (Wildman–Crippen LogP) is 13.4. The molecule has 1 rings (SSSR count). The summed E-state index contributed by atoms with van der Waals surface area (Å²) in [5, 5.41) is 0. The molecule has 0 fully saturated rings. The van der Waals surface area contributed by atoms with Gasteiger partial charge in [-0.2, -0.15) is 0 Å². The molecule has 0 N–H and O–H groups in total. The first-order chi connectivity index (χ1) is 20.2. The maximum absolute atomic E-state index is 13.9. The van der Waals surface area contributed by atoms with Gasteiger partial charge in [0.15, 0.2) is 0 Å². The zero-order valence-electron chi connectivity index (χ0n) is 28.8. The van der Waals surface area contributed by atoms with Gasteiger partial charge in [-0.15, -0.1) is 0 Å². The van der Waals surface area contributed by atoms with Gasteiger partial charge in [0.2, 0.25) is 0 Å². The molecule has 0 saturated heterocycles. The molecule has 0 atom stereocenters. The van der Waals surface area contributed by atoms with Gasteiger partial charge in [-0.3, -0.25) is 9.05 Å². The third-order valence-electron chi connectivity index (χ3n) is 8.15. The van der Waals surface area contributed by atoms with Crippen LogP contribution in [0.3, 0.4) is 0 Å². The van der Waals surface area contributed by atoms with Gasteiger partial charge in [-0.25, -0.2) is 4.57 Å². The lowest BCUT2D eigenvalue weighted by atomic mass is 9.86. The highest BCUT2D eigenvalue weighted by atomic mass is 31.2. The van der Waals surface area contributed by atoms with Crippen molar-refractivity contribution in [2.24, 2.45) is 0 Å². The Bertz CT molecular complexity index is 784. The first kappa shape index (κ1) is 39.2. The van der Waals surface area contributed by atoms with Gasteiger partial charge in [0, 0.05) is 5.56 Å². The molecule has 1 aromatic carbocycles. The Morgan fingerprint density at radius 2 is 0.929 bits per heavy atom. The van der Waals surface area contributed by atoms with Crippen molar-refractivity contribution in [2.45, 2.75) is 188 Å². The van der Waals surface area contributed by atoms with Gasteiger partial charge in [0.25, 0.3) is 0 Å². The zero-order chi connectivity index (χ0) is 30.9. The van der Waals surface area contributed by atoms with E-state index in [1.165, 1.54) is 116 Å². The van der Waals surface area contributed by atoms with Crippen LogP contribution in [-0.2, 0) is 19.0 Å². The molecule has 1 aromatic rings. The minimum Gasteiger partial charge on any atom is -0.404 e. The van der Waals surface area contributed by atoms with Gasteiger partial charge in [0.05, 0.1) is 13.2 Å². The summed E-state index contributed by atoms with van der Waals surface area (Å²) < 4.78 is 31.9. The van der Waals surface area contributed by atoms with Crippen molar-refractivity contribution >= 4 is 7.82 Å². The summed E-state index contributed by atoms with van der Waals surface area (Å²) in [4.78, 5) is 0. The molecule has 0 aliphatic heterocycles. The molecule has 0 bridgehead atoms. The highest BCUT2D eigenvalue weighted by Gasteiger charge is 2.31. The van der Waals surface area contributed by atoms with Crippen LogP contribution < -0.4 is 4.52 Å². The minimum absolute atomic E-state index is 0.139. The van der Waals surface area contributed by atoms with E-state index < -0.39 is 7.82 Å². The SMILES string of the molecule is CCCCCCCCCCCCCOP(=O)(OCCCCCCCCCCCCC)Oc1cc(C)ccc1C(C)(C)C. The summed E-state index contributed by atoms with van der Waals surface area (Å²) in [5.41, 5.74) is 1.95. The van der Waals surface area contributed by atoms with E-state index in [1.807, 2.05) is 13.0 Å². The van der Waals surface area contributed by atoms with Crippen molar-refractivity contribution < 1.29 is 18.1 Å². The standard InChI is InChI=1S/C37H69O4P/c1-7-9-11-13-15-17-19-21-23-25-27-31-39-42(38,41-36-33-34(3)29-30-35(36)37(4,5)6)40-32-28-26-24-22-20-18-16-14-12-10-8-2/h29-30,33H,7-28,31-32H2,1-6H3. The fourth-order valence-corrected chi connectivity index (χ4v) is 6.70. The number of phosphoric ester groups is 1. The lowest BCUT2D eigenvalue weighted by Gasteiger charge is -2.26. The fraction of sp³-hybridized carbons (Fsp3) is 0.838. The van der Waals surface area contributed by atoms with Crippen LogP contribution in [0.25, 0.3) is 0 Å². The third kappa shape index (κ3) is 20.2. The van der Waals surface area contributed by atoms with Crippen molar-refractivity contribution in [3.8, 4) is 5.75 Å². The second kappa shape index (κ2) is 24.5. The summed E-state index contributed by atoms with van der Waals surface area (Å²) in [6.45, 7) is 13.8. The largest absolute Gasteiger partial charge is 0.530 e. The normalized spacial score (nSPS) is 12.2. The summed E-state index contributed by atoms with van der Waals surface area (Å²) in [7, 11) is -3.72. The first-order valence-electron chi connectivity index (χ1n) is 17.9. The predicted molar refractivity (Wildman–Crippen MR) is 183 cm³/mol. The monoisotopic (exact) mass is 608 g/mol. The molecule has 0 radical (unpaired) electrons. The lowest BCUT2D eigenvalue weighted by molar-refractivity contribution is 0.150.